The Kier molecular flexibility index (Phi) is 4.26. The van der Waals surface area contributed by atoms with E-state index in [0.29, 0.717) is 12.1 Å². The first-order valence-electron chi connectivity index (χ1n) is 6.09. The average Bonchev–Trinajstić information content (AvgIpc) is 2.41. The molecule has 0 unspecified atom stereocenters. The molecule has 98 valence electrons. The second-order valence-corrected chi connectivity index (χ2v) is 4.41. The van der Waals surface area contributed by atoms with Crippen LogP contribution in [0.4, 0.5) is 0 Å². The van der Waals surface area contributed by atoms with Crippen LogP contribution in [0, 0.1) is 6.92 Å². The van der Waals surface area contributed by atoms with Crippen molar-refractivity contribution in [2.24, 2.45) is 0 Å². The summed E-state index contributed by atoms with van der Waals surface area (Å²) >= 11 is 0. The van der Waals surface area contributed by atoms with Gasteiger partial charge in [0.25, 0.3) is 0 Å². The lowest BCUT2D eigenvalue weighted by Crippen LogP contribution is -2.14. The fourth-order valence-electron chi connectivity index (χ4n) is 1.86. The summed E-state index contributed by atoms with van der Waals surface area (Å²) < 4.78 is 0. The molecule has 1 heterocycles. The minimum atomic E-state index is -0.896. The maximum atomic E-state index is 10.9. The number of aromatic nitrogens is 1. The van der Waals surface area contributed by atoms with Gasteiger partial charge in [-0.15, -0.1) is 0 Å². The van der Waals surface area contributed by atoms with Crippen LogP contribution >= 0.6 is 0 Å². The number of hydrogen-bond acceptors (Lipinski definition) is 3. The van der Waals surface area contributed by atoms with Crippen LogP contribution in [0.25, 0.3) is 0 Å². The van der Waals surface area contributed by atoms with Gasteiger partial charge in [-0.05, 0) is 41.8 Å². The van der Waals surface area contributed by atoms with Gasteiger partial charge in [0.15, 0.2) is 0 Å². The zero-order chi connectivity index (χ0) is 13.7. The van der Waals surface area contributed by atoms with Crippen molar-refractivity contribution in [2.75, 3.05) is 0 Å². The fourth-order valence-corrected chi connectivity index (χ4v) is 1.86. The highest BCUT2D eigenvalue weighted by Crippen LogP contribution is 2.07. The molecule has 2 N–H and O–H groups in total. The Morgan fingerprint density at radius 2 is 2.16 bits per heavy atom. The molecule has 0 spiro atoms. The van der Waals surface area contributed by atoms with Gasteiger partial charge in [0.2, 0.25) is 0 Å². The minimum absolute atomic E-state index is 0.319. The number of carboxylic acids is 1. The van der Waals surface area contributed by atoms with Gasteiger partial charge in [-0.1, -0.05) is 12.1 Å². The molecule has 0 aliphatic rings. The number of hydrogen-bond donors (Lipinski definition) is 2. The second-order valence-electron chi connectivity index (χ2n) is 4.41. The summed E-state index contributed by atoms with van der Waals surface area (Å²) in [6, 6.07) is 8.95. The van der Waals surface area contributed by atoms with Gasteiger partial charge in [0, 0.05) is 25.5 Å². The van der Waals surface area contributed by atoms with E-state index < -0.39 is 5.97 Å². The Bertz CT molecular complexity index is 582. The quantitative estimate of drug-likeness (QED) is 0.862. The van der Waals surface area contributed by atoms with Crippen LogP contribution in [0.5, 0.6) is 0 Å². The molecule has 0 amide bonds. The molecule has 0 radical (unpaired) electrons. The first-order valence-corrected chi connectivity index (χ1v) is 6.09. The van der Waals surface area contributed by atoms with E-state index in [-0.39, 0.29) is 0 Å². The molecule has 0 saturated carbocycles. The van der Waals surface area contributed by atoms with E-state index in [1.165, 1.54) is 5.56 Å². The van der Waals surface area contributed by atoms with Gasteiger partial charge in [-0.2, -0.15) is 0 Å². The summed E-state index contributed by atoms with van der Waals surface area (Å²) in [7, 11) is 0. The summed E-state index contributed by atoms with van der Waals surface area (Å²) in [5.74, 6) is -0.896. The molecular formula is C15H16N2O2. The van der Waals surface area contributed by atoms with Crippen LogP contribution in [0.3, 0.4) is 0 Å². The molecule has 0 aliphatic carbocycles. The number of rotatable bonds is 5. The molecule has 0 bridgehead atoms. The standard InChI is InChI=1S/C15H16N2O2/c1-11-8-16-6-5-14(11)10-17-9-12-3-2-4-13(7-12)15(18)19/h2-8,17H,9-10H2,1H3,(H,18,19). The van der Waals surface area contributed by atoms with Gasteiger partial charge < -0.3 is 10.4 Å². The van der Waals surface area contributed by atoms with Crippen LogP contribution < -0.4 is 5.32 Å². The van der Waals surface area contributed by atoms with Crippen molar-refractivity contribution in [3.05, 3.63) is 65.0 Å². The zero-order valence-electron chi connectivity index (χ0n) is 10.8. The highest BCUT2D eigenvalue weighted by atomic mass is 16.4. The van der Waals surface area contributed by atoms with E-state index in [0.717, 1.165) is 17.7 Å². The molecule has 0 atom stereocenters. The molecule has 0 aliphatic heterocycles. The van der Waals surface area contributed by atoms with E-state index in [2.05, 4.69) is 10.3 Å². The molecule has 0 saturated heterocycles. The molecule has 1 aromatic carbocycles. The first kappa shape index (κ1) is 13.2. The summed E-state index contributed by atoms with van der Waals surface area (Å²) in [6.45, 7) is 3.41. The summed E-state index contributed by atoms with van der Waals surface area (Å²) in [5, 5.41) is 12.2. The Morgan fingerprint density at radius 3 is 2.89 bits per heavy atom. The lowest BCUT2D eigenvalue weighted by Gasteiger charge is -2.07. The van der Waals surface area contributed by atoms with Crippen LogP contribution in [0.2, 0.25) is 0 Å². The molecule has 2 aromatic rings. The molecule has 4 nitrogen and oxygen atoms in total. The van der Waals surface area contributed by atoms with E-state index in [9.17, 15) is 4.79 Å². The number of carboxylic acid groups (broad SMARTS) is 1. The Hall–Kier alpha value is -2.20. The topological polar surface area (TPSA) is 62.2 Å². The van der Waals surface area contributed by atoms with Crippen molar-refractivity contribution in [1.82, 2.24) is 10.3 Å². The SMILES string of the molecule is Cc1cnccc1CNCc1cccc(C(=O)O)c1. The van der Waals surface area contributed by atoms with Gasteiger partial charge >= 0.3 is 5.97 Å². The maximum absolute atomic E-state index is 10.9. The first-order chi connectivity index (χ1) is 9.16. The van der Waals surface area contributed by atoms with E-state index in [4.69, 9.17) is 5.11 Å². The largest absolute Gasteiger partial charge is 0.478 e. The van der Waals surface area contributed by atoms with Gasteiger partial charge in [-0.3, -0.25) is 4.98 Å². The predicted octanol–water partition coefficient (Wildman–Crippen LogP) is 2.38. The predicted molar refractivity (Wildman–Crippen MR) is 72.9 cm³/mol. The Balaban J connectivity index is 1.94. The van der Waals surface area contributed by atoms with E-state index in [1.807, 2.05) is 25.3 Å². The van der Waals surface area contributed by atoms with Crippen molar-refractivity contribution in [3.63, 3.8) is 0 Å². The number of pyridine rings is 1. The van der Waals surface area contributed by atoms with Crippen molar-refractivity contribution in [3.8, 4) is 0 Å². The zero-order valence-corrected chi connectivity index (χ0v) is 10.8. The lowest BCUT2D eigenvalue weighted by atomic mass is 10.1. The number of nitrogens with one attached hydrogen (secondary N) is 1. The third kappa shape index (κ3) is 3.63. The molecule has 19 heavy (non-hydrogen) atoms. The van der Waals surface area contributed by atoms with Crippen molar-refractivity contribution in [1.29, 1.82) is 0 Å². The molecule has 2 rings (SSSR count). The maximum Gasteiger partial charge on any atom is 0.335 e. The van der Waals surface area contributed by atoms with E-state index >= 15 is 0 Å². The monoisotopic (exact) mass is 256 g/mol. The van der Waals surface area contributed by atoms with Gasteiger partial charge in [-0.25, -0.2) is 4.79 Å². The number of nitrogens with zero attached hydrogens (tertiary/aromatic N) is 1. The molecule has 4 heteroatoms. The molecule has 1 aromatic heterocycles. The van der Waals surface area contributed by atoms with Gasteiger partial charge in [0.1, 0.15) is 0 Å². The van der Waals surface area contributed by atoms with Crippen molar-refractivity contribution in [2.45, 2.75) is 20.0 Å². The summed E-state index contributed by atoms with van der Waals surface area (Å²) in [6.07, 6.45) is 3.61. The van der Waals surface area contributed by atoms with Crippen LogP contribution in [0.1, 0.15) is 27.0 Å². The fraction of sp³-hybridized carbons (Fsp3) is 0.200. The number of aryl methyl sites for hydroxylation is 1. The summed E-state index contributed by atoms with van der Waals surface area (Å²) in [4.78, 5) is 14.9. The number of benzene rings is 1. The number of aromatic carboxylic acids is 1. The van der Waals surface area contributed by atoms with Crippen LogP contribution in [-0.2, 0) is 13.1 Å². The Labute approximate surface area is 112 Å². The van der Waals surface area contributed by atoms with Gasteiger partial charge in [0.05, 0.1) is 5.56 Å². The summed E-state index contributed by atoms with van der Waals surface area (Å²) in [5.41, 5.74) is 3.63. The smallest absolute Gasteiger partial charge is 0.335 e. The Morgan fingerprint density at radius 1 is 1.32 bits per heavy atom. The normalized spacial score (nSPS) is 10.4. The van der Waals surface area contributed by atoms with E-state index in [1.54, 1.807) is 24.4 Å². The van der Waals surface area contributed by atoms with Crippen molar-refractivity contribution < 1.29 is 9.90 Å². The second kappa shape index (κ2) is 6.11. The highest BCUT2D eigenvalue weighted by molar-refractivity contribution is 5.87. The number of carbonyl (C=O) groups is 1. The molecular weight excluding hydrogens is 240 g/mol. The third-order valence-corrected chi connectivity index (χ3v) is 2.95. The minimum Gasteiger partial charge on any atom is -0.478 e. The van der Waals surface area contributed by atoms with Crippen LogP contribution in [0.15, 0.2) is 42.7 Å². The average molecular weight is 256 g/mol. The third-order valence-electron chi connectivity index (χ3n) is 2.95. The lowest BCUT2D eigenvalue weighted by molar-refractivity contribution is 0.0696. The molecule has 0 fully saturated rings. The highest BCUT2D eigenvalue weighted by Gasteiger charge is 2.03. The van der Waals surface area contributed by atoms with Crippen molar-refractivity contribution >= 4 is 5.97 Å². The van der Waals surface area contributed by atoms with Crippen LogP contribution in [-0.4, -0.2) is 16.1 Å².